The highest BCUT2D eigenvalue weighted by Crippen LogP contribution is 2.74. The lowest BCUT2D eigenvalue weighted by Gasteiger charge is -2.65. The van der Waals surface area contributed by atoms with Gasteiger partial charge in [-0.1, -0.05) is 46.3 Å². The second-order valence-electron chi connectivity index (χ2n) is 17.7. The normalized spacial score (nSPS) is 48.5. The zero-order valence-corrected chi connectivity index (χ0v) is 29.7. The van der Waals surface area contributed by atoms with Gasteiger partial charge in [0.1, 0.15) is 35.8 Å². The molecule has 5 rings (SSSR count). The molecular weight excluding hydrogens is 622 g/mol. The van der Waals surface area contributed by atoms with Crippen molar-refractivity contribution in [2.24, 2.45) is 45.1 Å². The van der Waals surface area contributed by atoms with Gasteiger partial charge >= 0.3 is 0 Å². The van der Waals surface area contributed by atoms with Gasteiger partial charge in [0.2, 0.25) is 0 Å². The summed E-state index contributed by atoms with van der Waals surface area (Å²) in [4.78, 5) is 28.7. The van der Waals surface area contributed by atoms with Crippen LogP contribution < -0.4 is 5.73 Å². The maximum Gasteiger partial charge on any atom is 0.186 e. The molecule has 2 unspecified atom stereocenters. The van der Waals surface area contributed by atoms with E-state index in [9.17, 15) is 45.3 Å². The molecule has 0 bridgehead atoms. The molecule has 274 valence electrons. The van der Waals surface area contributed by atoms with Crippen LogP contribution in [0.1, 0.15) is 93.9 Å². The number of hydrogen-bond donors (Lipinski definition) is 8. The summed E-state index contributed by atoms with van der Waals surface area (Å²) in [5, 5.41) is 75.5. The van der Waals surface area contributed by atoms with Crippen LogP contribution in [0, 0.1) is 39.4 Å². The Morgan fingerprint density at radius 1 is 1.02 bits per heavy atom. The molecule has 0 spiro atoms. The first-order valence-electron chi connectivity index (χ1n) is 17.5. The van der Waals surface area contributed by atoms with Crippen molar-refractivity contribution in [2.75, 3.05) is 6.61 Å². The van der Waals surface area contributed by atoms with Gasteiger partial charge in [-0.2, -0.15) is 0 Å². The Bertz CT molecular complexity index is 1310. The van der Waals surface area contributed by atoms with Crippen molar-refractivity contribution in [3.63, 3.8) is 0 Å². The van der Waals surface area contributed by atoms with Gasteiger partial charge in [0.05, 0.1) is 24.4 Å². The van der Waals surface area contributed by atoms with E-state index in [1.807, 2.05) is 27.7 Å². The Morgan fingerprint density at radius 3 is 2.23 bits per heavy atom. The summed E-state index contributed by atoms with van der Waals surface area (Å²) < 4.78 is 12.2. The van der Waals surface area contributed by atoms with Crippen LogP contribution in [0.25, 0.3) is 0 Å². The number of hydrogen-bond acceptors (Lipinski definition) is 12. The highest BCUT2D eigenvalue weighted by molar-refractivity contribution is 5.90. The molecule has 1 heterocycles. The fourth-order valence-corrected chi connectivity index (χ4v) is 10.9. The summed E-state index contributed by atoms with van der Waals surface area (Å²) in [6.45, 7) is 13.9. The molecule has 4 fully saturated rings. The predicted molar refractivity (Wildman–Crippen MR) is 174 cm³/mol. The van der Waals surface area contributed by atoms with Crippen LogP contribution in [-0.2, 0) is 19.1 Å². The molecule has 15 atom stereocenters. The molecule has 9 N–H and O–H groups in total. The number of aliphatic hydroxyl groups excluding tert-OH is 5. The first-order chi connectivity index (χ1) is 21.9. The molecule has 4 aliphatic carbocycles. The maximum absolute atomic E-state index is 14.8. The number of aliphatic hydroxyl groups is 7. The van der Waals surface area contributed by atoms with Crippen molar-refractivity contribution < 1.29 is 54.8 Å². The van der Waals surface area contributed by atoms with Gasteiger partial charge in [-0.05, 0) is 69.1 Å². The molecule has 12 heteroatoms. The third-order valence-electron chi connectivity index (χ3n) is 14.0. The van der Waals surface area contributed by atoms with Gasteiger partial charge in [0.25, 0.3) is 0 Å². The Balaban J connectivity index is 1.61. The highest BCUT2D eigenvalue weighted by atomic mass is 16.7. The van der Waals surface area contributed by atoms with E-state index in [0.717, 1.165) is 5.57 Å². The molecule has 3 saturated carbocycles. The van der Waals surface area contributed by atoms with Crippen molar-refractivity contribution in [2.45, 2.75) is 154 Å². The lowest BCUT2D eigenvalue weighted by atomic mass is 9.38. The number of nitrogens with two attached hydrogens (primary N) is 1. The topological polar surface area (TPSA) is 220 Å². The quantitative estimate of drug-likeness (QED) is 0.166. The Kier molecular flexibility index (Phi) is 9.59. The van der Waals surface area contributed by atoms with Crippen LogP contribution in [0.15, 0.2) is 11.6 Å². The van der Waals surface area contributed by atoms with Crippen molar-refractivity contribution >= 4 is 11.6 Å². The van der Waals surface area contributed by atoms with Crippen molar-refractivity contribution in [1.82, 2.24) is 0 Å². The third-order valence-corrected chi connectivity index (χ3v) is 14.0. The van der Waals surface area contributed by atoms with Crippen molar-refractivity contribution in [1.29, 1.82) is 0 Å². The van der Waals surface area contributed by atoms with Crippen LogP contribution in [0.5, 0.6) is 0 Å². The molecule has 1 saturated heterocycles. The predicted octanol–water partition coefficient (Wildman–Crippen LogP) is 0.735. The number of carbonyl (C=O) groups excluding carboxylic acids is 2. The van der Waals surface area contributed by atoms with E-state index in [0.29, 0.717) is 12.8 Å². The first kappa shape index (κ1) is 37.9. The van der Waals surface area contributed by atoms with E-state index in [2.05, 4.69) is 13.0 Å². The Morgan fingerprint density at radius 2 is 1.65 bits per heavy atom. The molecule has 0 aromatic heterocycles. The summed E-state index contributed by atoms with van der Waals surface area (Å²) in [7, 11) is 0. The second-order valence-corrected chi connectivity index (χ2v) is 17.7. The molecule has 0 aromatic rings. The van der Waals surface area contributed by atoms with E-state index >= 15 is 0 Å². The average Bonchev–Trinajstić information content (AvgIpc) is 3.21. The molecule has 48 heavy (non-hydrogen) atoms. The monoisotopic (exact) mass is 681 g/mol. The minimum atomic E-state index is -2.05. The molecule has 12 nitrogen and oxygen atoms in total. The molecule has 1 aliphatic heterocycles. The van der Waals surface area contributed by atoms with Crippen molar-refractivity contribution in [3.8, 4) is 0 Å². The lowest BCUT2D eigenvalue weighted by molar-refractivity contribution is -0.317. The van der Waals surface area contributed by atoms with Gasteiger partial charge in [0.15, 0.2) is 12.1 Å². The van der Waals surface area contributed by atoms with E-state index in [1.54, 1.807) is 13.8 Å². The van der Waals surface area contributed by atoms with E-state index in [4.69, 9.17) is 15.2 Å². The zero-order chi connectivity index (χ0) is 36.2. The molecule has 0 amide bonds. The van der Waals surface area contributed by atoms with Crippen LogP contribution in [0.4, 0.5) is 0 Å². The third kappa shape index (κ3) is 5.48. The fraction of sp³-hybridized carbons (Fsp3) is 0.889. The summed E-state index contributed by atoms with van der Waals surface area (Å²) >= 11 is 0. The Labute approximate surface area is 283 Å². The second kappa shape index (κ2) is 12.1. The number of rotatable bonds is 8. The standard InChI is InChI=1S/C36H59NO11/c1-31(2,45)12-11-23(40)36(8,46)28-20(47-30-27(44)26(43)25(42)21(16-38)48-30)14-33(5)22-10-9-17-18(13-19(39)29(37)32(17,3)4)35(22,7)24(41)15-34(28,33)6/h9,18-22,25-30,38-39,42-46H,10-16,37H2,1-8H3/t18-,19+,20-,21-,22+,25-,26+,27-,28?,29?,30+,33+,34-,35+,36+/m1/s1. The van der Waals surface area contributed by atoms with Crippen LogP contribution >= 0.6 is 0 Å². The van der Waals surface area contributed by atoms with E-state index in [1.165, 1.54) is 6.92 Å². The molecule has 0 radical (unpaired) electrons. The maximum atomic E-state index is 14.8. The van der Waals surface area contributed by atoms with Gasteiger partial charge < -0.3 is 51.0 Å². The van der Waals surface area contributed by atoms with Gasteiger partial charge in [-0.25, -0.2) is 0 Å². The van der Waals surface area contributed by atoms with Gasteiger partial charge in [-0.15, -0.1) is 0 Å². The zero-order valence-electron chi connectivity index (χ0n) is 29.7. The number of ether oxygens (including phenoxy) is 2. The molecule has 5 aliphatic rings. The highest BCUT2D eigenvalue weighted by Gasteiger charge is 2.75. The summed E-state index contributed by atoms with van der Waals surface area (Å²) in [6, 6.07) is -0.489. The van der Waals surface area contributed by atoms with E-state index < -0.39 is 100 Å². The number of allylic oxidation sites excluding steroid dienone is 1. The Hall–Kier alpha value is -1.32. The van der Waals surface area contributed by atoms with Crippen molar-refractivity contribution in [3.05, 3.63) is 11.6 Å². The van der Waals surface area contributed by atoms with Crippen LogP contribution in [0.2, 0.25) is 0 Å². The first-order valence-corrected chi connectivity index (χ1v) is 17.5. The number of ketones is 2. The van der Waals surface area contributed by atoms with Gasteiger partial charge in [-0.3, -0.25) is 9.59 Å². The van der Waals surface area contributed by atoms with E-state index in [-0.39, 0.29) is 43.3 Å². The minimum absolute atomic E-state index is 0.0109. The summed E-state index contributed by atoms with van der Waals surface area (Å²) in [6.07, 6.45) is -6.25. The minimum Gasteiger partial charge on any atom is -0.394 e. The smallest absolute Gasteiger partial charge is 0.186 e. The lowest BCUT2D eigenvalue weighted by Crippen LogP contribution is -2.66. The summed E-state index contributed by atoms with van der Waals surface area (Å²) in [5.41, 5.74) is 1.18. The average molecular weight is 682 g/mol. The van der Waals surface area contributed by atoms with Crippen LogP contribution in [0.3, 0.4) is 0 Å². The summed E-state index contributed by atoms with van der Waals surface area (Å²) in [5.74, 6) is -2.10. The number of carbonyl (C=O) groups is 2. The molecule has 0 aromatic carbocycles. The number of Topliss-reactive ketones (excluding diaryl/α,β-unsaturated/α-hetero) is 2. The van der Waals surface area contributed by atoms with Crippen LogP contribution in [-0.4, -0.2) is 114 Å². The van der Waals surface area contributed by atoms with Gasteiger partial charge in [0, 0.05) is 35.6 Å². The largest absolute Gasteiger partial charge is 0.394 e. The fourth-order valence-electron chi connectivity index (χ4n) is 10.9. The SMILES string of the molecule is CC(C)(O)CCC(=O)[C@](C)(O)C1[C@H](O[C@H]2O[C@H](CO)[C@@H](O)[C@H](O)[C@H]2O)C[C@@]2(C)[C@@H]3CC=C4[C@@H](C[C@H](O)C(N)C4(C)C)[C@]3(C)C(=O)C[C@]12C. The molecular formula is C36H59NO11. The number of fused-ring (bicyclic) bond motifs is 5.